The van der Waals surface area contributed by atoms with E-state index < -0.39 is 12.1 Å². The summed E-state index contributed by atoms with van der Waals surface area (Å²) in [6, 6.07) is 6.01. The summed E-state index contributed by atoms with van der Waals surface area (Å²) in [5.41, 5.74) is 2.62. The van der Waals surface area contributed by atoms with Crippen LogP contribution in [0.5, 0.6) is 5.75 Å². The Balaban J connectivity index is 2.55. The molecule has 1 aromatic carbocycles. The predicted octanol–water partition coefficient (Wildman–Crippen LogP) is 1.85. The topological polar surface area (TPSA) is 52.6 Å². The summed E-state index contributed by atoms with van der Waals surface area (Å²) in [5, 5.41) is 10.2. The number of benzene rings is 1. The van der Waals surface area contributed by atoms with Crippen LogP contribution in [0.1, 0.15) is 12.5 Å². The molecule has 1 rings (SSSR count). The van der Waals surface area contributed by atoms with Gasteiger partial charge in [0.25, 0.3) is 0 Å². The Bertz CT molecular complexity index is 432. The van der Waals surface area contributed by atoms with Crippen LogP contribution in [-0.2, 0) is 11.2 Å². The van der Waals surface area contributed by atoms with Crippen LogP contribution in [-0.4, -0.2) is 35.3 Å². The van der Waals surface area contributed by atoms with Crippen LogP contribution in [0.15, 0.2) is 24.3 Å². The van der Waals surface area contributed by atoms with Gasteiger partial charge in [0.05, 0.1) is 0 Å². The van der Waals surface area contributed by atoms with Crippen LogP contribution >= 0.6 is 0 Å². The van der Waals surface area contributed by atoms with Crippen molar-refractivity contribution >= 4 is 5.91 Å². The third-order valence-corrected chi connectivity index (χ3v) is 2.66. The summed E-state index contributed by atoms with van der Waals surface area (Å²) in [7, 11) is 1.37. The van der Waals surface area contributed by atoms with E-state index in [0.29, 0.717) is 6.42 Å². The van der Waals surface area contributed by atoms with Gasteiger partial charge in [-0.05, 0) is 31.0 Å². The monoisotopic (exact) mass is 276 g/mol. The Labute approximate surface area is 108 Å². The van der Waals surface area contributed by atoms with Crippen molar-refractivity contribution in [3.8, 4) is 5.75 Å². The van der Waals surface area contributed by atoms with Gasteiger partial charge >= 0.3 is 12.1 Å². The van der Waals surface area contributed by atoms with Crippen LogP contribution in [0.25, 0.3) is 0 Å². The minimum Gasteiger partial charge on any atom is -0.508 e. The minimum absolute atomic E-state index is 0.120. The molecular weight excluding hydrogens is 261 g/mol. The first-order valence-electron chi connectivity index (χ1n) is 5.58. The van der Waals surface area contributed by atoms with Gasteiger partial charge < -0.3 is 5.11 Å². The number of phenolic OH excluding ortho intramolecular Hbond substituents is 1. The van der Waals surface area contributed by atoms with Gasteiger partial charge in [0, 0.05) is 13.1 Å². The van der Waals surface area contributed by atoms with Gasteiger partial charge in [0.15, 0.2) is 0 Å². The lowest BCUT2D eigenvalue weighted by atomic mass is 10.1. The maximum atomic E-state index is 12.1. The molecule has 1 amide bonds. The molecule has 0 aliphatic heterocycles. The highest BCUT2D eigenvalue weighted by atomic mass is 19.4. The van der Waals surface area contributed by atoms with Crippen LogP contribution < -0.4 is 5.43 Å². The van der Waals surface area contributed by atoms with Crippen LogP contribution in [0.4, 0.5) is 13.2 Å². The van der Waals surface area contributed by atoms with E-state index in [-0.39, 0.29) is 11.8 Å². The Morgan fingerprint density at radius 3 is 2.37 bits per heavy atom. The van der Waals surface area contributed by atoms with E-state index in [2.05, 4.69) is 0 Å². The zero-order valence-electron chi connectivity index (χ0n) is 10.5. The van der Waals surface area contributed by atoms with Gasteiger partial charge in [-0.1, -0.05) is 12.1 Å². The minimum atomic E-state index is -4.90. The van der Waals surface area contributed by atoms with Crippen molar-refractivity contribution in [3.63, 3.8) is 0 Å². The van der Waals surface area contributed by atoms with E-state index in [1.54, 1.807) is 24.5 Å². The number of likely N-dealkylation sites (N-methyl/N-ethyl adjacent to an activating group) is 1. The first-order chi connectivity index (χ1) is 8.70. The second-order valence-corrected chi connectivity index (χ2v) is 4.27. The first-order valence-corrected chi connectivity index (χ1v) is 5.58. The summed E-state index contributed by atoms with van der Waals surface area (Å²) >= 11 is 0. The Morgan fingerprint density at radius 1 is 1.37 bits per heavy atom. The van der Waals surface area contributed by atoms with E-state index in [1.807, 2.05) is 0 Å². The fraction of sp³-hybridized carbons (Fsp3) is 0.417. The lowest BCUT2D eigenvalue weighted by Gasteiger charge is -2.25. The van der Waals surface area contributed by atoms with E-state index >= 15 is 0 Å². The highest BCUT2D eigenvalue weighted by Gasteiger charge is 2.39. The number of amides is 1. The van der Waals surface area contributed by atoms with Crippen molar-refractivity contribution < 1.29 is 23.1 Å². The highest BCUT2D eigenvalue weighted by Crippen LogP contribution is 2.15. The summed E-state index contributed by atoms with van der Waals surface area (Å²) in [6.07, 6.45) is -4.46. The molecule has 0 aliphatic carbocycles. The maximum Gasteiger partial charge on any atom is 0.472 e. The van der Waals surface area contributed by atoms with Crippen LogP contribution in [0, 0.1) is 0 Å². The molecule has 2 N–H and O–H groups in total. The molecule has 0 radical (unpaired) electrons. The lowest BCUT2D eigenvalue weighted by molar-refractivity contribution is -0.179. The molecule has 0 spiro atoms. The van der Waals surface area contributed by atoms with E-state index in [0.717, 1.165) is 10.6 Å². The standard InChI is InChI=1S/C12H15F3N2O2/c1-8(7-9-3-5-10(18)6-4-9)17(2)16-11(19)12(13,14)15/h3-6,8,18H,7H2,1-2H3,(H,16,19). The number of hydrogen-bond acceptors (Lipinski definition) is 3. The average Bonchev–Trinajstić information content (AvgIpc) is 2.30. The molecule has 0 fully saturated rings. The fourth-order valence-electron chi connectivity index (χ4n) is 1.44. The quantitative estimate of drug-likeness (QED) is 0.825. The van der Waals surface area contributed by atoms with E-state index in [1.165, 1.54) is 19.2 Å². The molecule has 4 nitrogen and oxygen atoms in total. The summed E-state index contributed by atoms with van der Waals surface area (Å²) in [6.45, 7) is 1.68. The number of aromatic hydroxyl groups is 1. The highest BCUT2D eigenvalue weighted by molar-refractivity contribution is 5.81. The number of phenols is 1. The molecule has 1 unspecified atom stereocenters. The molecule has 7 heteroatoms. The SMILES string of the molecule is CC(Cc1ccc(O)cc1)N(C)NC(=O)C(F)(F)F. The van der Waals surface area contributed by atoms with E-state index in [4.69, 9.17) is 5.11 Å². The van der Waals surface area contributed by atoms with Crippen molar-refractivity contribution in [2.75, 3.05) is 7.05 Å². The number of rotatable bonds is 4. The number of hydrazine groups is 1. The van der Waals surface area contributed by atoms with Crippen molar-refractivity contribution in [1.82, 2.24) is 10.4 Å². The van der Waals surface area contributed by atoms with Gasteiger partial charge in [0.1, 0.15) is 5.75 Å². The number of nitrogens with zero attached hydrogens (tertiary/aromatic N) is 1. The van der Waals surface area contributed by atoms with Gasteiger partial charge in [-0.25, -0.2) is 5.01 Å². The smallest absolute Gasteiger partial charge is 0.472 e. The third kappa shape index (κ3) is 4.78. The van der Waals surface area contributed by atoms with E-state index in [9.17, 15) is 18.0 Å². The molecule has 106 valence electrons. The van der Waals surface area contributed by atoms with Crippen molar-refractivity contribution in [2.45, 2.75) is 25.6 Å². The number of alkyl halides is 3. The molecule has 1 aromatic rings. The Hall–Kier alpha value is -1.76. The fourth-order valence-corrected chi connectivity index (χ4v) is 1.44. The summed E-state index contributed by atoms with van der Waals surface area (Å²) < 4.78 is 36.2. The van der Waals surface area contributed by atoms with Gasteiger partial charge in [0.2, 0.25) is 0 Å². The zero-order valence-corrected chi connectivity index (χ0v) is 10.5. The Morgan fingerprint density at radius 2 is 1.89 bits per heavy atom. The molecule has 19 heavy (non-hydrogen) atoms. The number of carbonyl (C=O) groups excluding carboxylic acids is 1. The second kappa shape index (κ2) is 5.92. The second-order valence-electron chi connectivity index (χ2n) is 4.27. The van der Waals surface area contributed by atoms with Crippen LogP contribution in [0.3, 0.4) is 0 Å². The Kier molecular flexibility index (Phi) is 4.77. The molecule has 0 bridgehead atoms. The van der Waals surface area contributed by atoms with Gasteiger partial charge in [-0.2, -0.15) is 13.2 Å². The third-order valence-electron chi connectivity index (χ3n) is 2.66. The number of carbonyl (C=O) groups is 1. The predicted molar refractivity (Wildman–Crippen MR) is 63.2 cm³/mol. The lowest BCUT2D eigenvalue weighted by Crippen LogP contribution is -2.50. The zero-order chi connectivity index (χ0) is 14.6. The molecule has 0 heterocycles. The molecule has 1 atom stereocenters. The molecule has 0 saturated heterocycles. The molecule has 0 aliphatic rings. The molecular formula is C12H15F3N2O2. The van der Waals surface area contributed by atoms with Crippen molar-refractivity contribution in [3.05, 3.63) is 29.8 Å². The number of nitrogens with one attached hydrogen (secondary N) is 1. The maximum absolute atomic E-state index is 12.1. The van der Waals surface area contributed by atoms with Crippen LogP contribution in [0.2, 0.25) is 0 Å². The normalized spacial score (nSPS) is 13.4. The average molecular weight is 276 g/mol. The van der Waals surface area contributed by atoms with Crippen molar-refractivity contribution in [2.24, 2.45) is 0 Å². The van der Waals surface area contributed by atoms with Gasteiger partial charge in [-0.15, -0.1) is 0 Å². The van der Waals surface area contributed by atoms with Crippen molar-refractivity contribution in [1.29, 1.82) is 0 Å². The van der Waals surface area contributed by atoms with Gasteiger partial charge in [-0.3, -0.25) is 10.2 Å². The first kappa shape index (κ1) is 15.3. The largest absolute Gasteiger partial charge is 0.508 e. The molecule has 0 aromatic heterocycles. The number of hydrogen-bond donors (Lipinski definition) is 2. The number of halogens is 3. The summed E-state index contributed by atoms with van der Waals surface area (Å²) in [4.78, 5) is 10.8. The summed E-state index contributed by atoms with van der Waals surface area (Å²) in [5.74, 6) is -1.87. The molecule has 0 saturated carbocycles.